The van der Waals surface area contributed by atoms with Crippen LogP contribution in [-0.2, 0) is 4.79 Å². The van der Waals surface area contributed by atoms with Gasteiger partial charge in [0.1, 0.15) is 5.75 Å². The van der Waals surface area contributed by atoms with Crippen LogP contribution in [0.4, 0.5) is 21.9 Å². The molecule has 1 aliphatic rings. The van der Waals surface area contributed by atoms with Crippen molar-refractivity contribution < 1.29 is 14.3 Å². The number of benzene rings is 2. The molecule has 7 nitrogen and oxygen atoms in total. The van der Waals surface area contributed by atoms with Crippen LogP contribution in [-0.4, -0.2) is 37.0 Å². The van der Waals surface area contributed by atoms with Crippen LogP contribution in [0.2, 0.25) is 0 Å². The van der Waals surface area contributed by atoms with E-state index in [1.54, 1.807) is 30.2 Å². The predicted molar refractivity (Wildman–Crippen MR) is 106 cm³/mol. The first-order valence-corrected chi connectivity index (χ1v) is 8.92. The third-order valence-corrected chi connectivity index (χ3v) is 4.60. The number of ether oxygens (including phenoxy) is 1. The second-order valence-corrected chi connectivity index (χ2v) is 6.53. The van der Waals surface area contributed by atoms with Crippen LogP contribution < -0.4 is 21.1 Å². The summed E-state index contributed by atoms with van der Waals surface area (Å²) in [7, 11) is 1.54. The molecule has 1 unspecified atom stereocenters. The molecule has 3 amide bonds. The van der Waals surface area contributed by atoms with Gasteiger partial charge in [-0.1, -0.05) is 18.2 Å². The first-order chi connectivity index (χ1) is 13.1. The van der Waals surface area contributed by atoms with Crippen molar-refractivity contribution in [1.29, 1.82) is 0 Å². The number of carbonyl (C=O) groups is 2. The number of rotatable bonds is 4. The van der Waals surface area contributed by atoms with Gasteiger partial charge in [0.25, 0.3) is 0 Å². The molecule has 3 rings (SSSR count). The van der Waals surface area contributed by atoms with E-state index in [2.05, 4.69) is 10.6 Å². The predicted octanol–water partition coefficient (Wildman–Crippen LogP) is 3.16. The lowest BCUT2D eigenvalue weighted by Crippen LogP contribution is -2.45. The summed E-state index contributed by atoms with van der Waals surface area (Å²) in [6.45, 7) is 1.02. The summed E-state index contributed by atoms with van der Waals surface area (Å²) >= 11 is 0. The Bertz CT molecular complexity index is 810. The van der Waals surface area contributed by atoms with Gasteiger partial charge >= 0.3 is 6.03 Å². The molecule has 1 fully saturated rings. The van der Waals surface area contributed by atoms with Crippen molar-refractivity contribution in [2.24, 2.45) is 5.92 Å². The number of methoxy groups -OCH3 is 1. The number of piperidine rings is 1. The fraction of sp³-hybridized carbons (Fsp3) is 0.300. The Morgan fingerprint density at radius 1 is 1.11 bits per heavy atom. The van der Waals surface area contributed by atoms with Gasteiger partial charge in [0.15, 0.2) is 0 Å². The topological polar surface area (TPSA) is 96.7 Å². The maximum atomic E-state index is 12.6. The Kier molecular flexibility index (Phi) is 5.80. The van der Waals surface area contributed by atoms with Gasteiger partial charge in [-0.3, -0.25) is 4.79 Å². The minimum Gasteiger partial charge on any atom is -0.495 e. The molecule has 0 aliphatic carbocycles. The van der Waals surface area contributed by atoms with Gasteiger partial charge in [0, 0.05) is 24.5 Å². The summed E-state index contributed by atoms with van der Waals surface area (Å²) in [5.74, 6) is 0.190. The van der Waals surface area contributed by atoms with E-state index >= 15 is 0 Å². The zero-order valence-electron chi connectivity index (χ0n) is 15.3. The Hall–Kier alpha value is -3.22. The van der Waals surface area contributed by atoms with Gasteiger partial charge in [-0.05, 0) is 43.2 Å². The van der Waals surface area contributed by atoms with Crippen molar-refractivity contribution in [2.75, 3.05) is 36.6 Å². The summed E-state index contributed by atoms with van der Waals surface area (Å²) in [6, 6.07) is 14.2. The van der Waals surface area contributed by atoms with Crippen LogP contribution in [0.25, 0.3) is 0 Å². The number of likely N-dealkylation sites (tertiary alicyclic amines) is 1. The van der Waals surface area contributed by atoms with Gasteiger partial charge in [-0.15, -0.1) is 0 Å². The Balaban J connectivity index is 1.59. The van der Waals surface area contributed by atoms with Crippen molar-refractivity contribution in [3.63, 3.8) is 0 Å². The lowest BCUT2D eigenvalue weighted by Gasteiger charge is -2.32. The molecule has 0 bridgehead atoms. The third kappa shape index (κ3) is 4.69. The first kappa shape index (κ1) is 18.6. The molecule has 1 saturated heterocycles. The second-order valence-electron chi connectivity index (χ2n) is 6.53. The van der Waals surface area contributed by atoms with E-state index < -0.39 is 0 Å². The van der Waals surface area contributed by atoms with Gasteiger partial charge in [0.2, 0.25) is 5.91 Å². The van der Waals surface area contributed by atoms with Crippen LogP contribution in [0.3, 0.4) is 0 Å². The minimum atomic E-state index is -0.261. The number of hydrogen-bond donors (Lipinski definition) is 3. The van der Waals surface area contributed by atoms with E-state index in [0.717, 1.165) is 18.5 Å². The molecular weight excluding hydrogens is 344 g/mol. The molecule has 1 atom stereocenters. The summed E-state index contributed by atoms with van der Waals surface area (Å²) < 4.78 is 5.12. The fourth-order valence-electron chi connectivity index (χ4n) is 3.16. The molecule has 0 saturated carbocycles. The minimum absolute atomic E-state index is 0.114. The second kappa shape index (κ2) is 8.44. The Morgan fingerprint density at radius 2 is 1.89 bits per heavy atom. The molecule has 1 aliphatic heterocycles. The number of nitrogens with two attached hydrogens (primary N) is 1. The van der Waals surface area contributed by atoms with E-state index in [0.29, 0.717) is 30.2 Å². The molecule has 27 heavy (non-hydrogen) atoms. The molecular formula is C20H24N4O3. The highest BCUT2D eigenvalue weighted by Gasteiger charge is 2.28. The summed E-state index contributed by atoms with van der Waals surface area (Å²) in [5.41, 5.74) is 7.70. The molecule has 0 radical (unpaired) electrons. The largest absolute Gasteiger partial charge is 0.495 e. The fourth-order valence-corrected chi connectivity index (χ4v) is 3.16. The maximum Gasteiger partial charge on any atom is 0.321 e. The summed E-state index contributed by atoms with van der Waals surface area (Å²) in [6.07, 6.45) is 1.53. The standard InChI is InChI=1S/C20H24N4O3/c1-27-18-10-9-16(12-17(18)21)22-19(25)14-6-5-11-24(13-14)20(26)23-15-7-3-2-4-8-15/h2-4,7-10,12,14H,5-6,11,13,21H2,1H3,(H,22,25)(H,23,26). The van der Waals surface area contributed by atoms with Crippen molar-refractivity contribution in [1.82, 2.24) is 4.90 Å². The highest BCUT2D eigenvalue weighted by atomic mass is 16.5. The van der Waals surface area contributed by atoms with E-state index in [9.17, 15) is 9.59 Å². The van der Waals surface area contributed by atoms with Crippen LogP contribution in [0, 0.1) is 5.92 Å². The zero-order valence-corrected chi connectivity index (χ0v) is 15.3. The van der Waals surface area contributed by atoms with Crippen LogP contribution >= 0.6 is 0 Å². The normalized spacial score (nSPS) is 16.5. The van der Waals surface area contributed by atoms with Crippen LogP contribution in [0.1, 0.15) is 12.8 Å². The molecule has 0 aromatic heterocycles. The number of nitrogens with one attached hydrogen (secondary N) is 2. The summed E-state index contributed by atoms with van der Waals surface area (Å²) in [4.78, 5) is 26.8. The maximum absolute atomic E-state index is 12.6. The molecule has 1 heterocycles. The van der Waals surface area contributed by atoms with E-state index in [4.69, 9.17) is 10.5 Å². The summed E-state index contributed by atoms with van der Waals surface area (Å²) in [5, 5.41) is 5.75. The van der Waals surface area contributed by atoms with E-state index in [1.165, 1.54) is 0 Å². The highest BCUT2D eigenvalue weighted by Crippen LogP contribution is 2.26. The SMILES string of the molecule is COc1ccc(NC(=O)C2CCCN(C(=O)Nc3ccccc3)C2)cc1N. The van der Waals surface area contributed by atoms with Crippen molar-refractivity contribution in [2.45, 2.75) is 12.8 Å². The van der Waals surface area contributed by atoms with Crippen molar-refractivity contribution in [3.05, 3.63) is 48.5 Å². The van der Waals surface area contributed by atoms with Gasteiger partial charge in [-0.2, -0.15) is 0 Å². The molecule has 142 valence electrons. The number of nitrogen functional groups attached to an aromatic ring is 1. The van der Waals surface area contributed by atoms with Gasteiger partial charge in [0.05, 0.1) is 18.7 Å². The van der Waals surface area contributed by atoms with E-state index in [1.807, 2.05) is 30.3 Å². The zero-order chi connectivity index (χ0) is 19.2. The monoisotopic (exact) mass is 368 g/mol. The Morgan fingerprint density at radius 3 is 2.59 bits per heavy atom. The quantitative estimate of drug-likeness (QED) is 0.722. The highest BCUT2D eigenvalue weighted by molar-refractivity contribution is 5.94. The lowest BCUT2D eigenvalue weighted by atomic mass is 9.97. The smallest absolute Gasteiger partial charge is 0.321 e. The number of carbonyl (C=O) groups excluding carboxylic acids is 2. The molecule has 2 aromatic rings. The molecule has 2 aromatic carbocycles. The third-order valence-electron chi connectivity index (χ3n) is 4.60. The molecule has 7 heteroatoms. The number of hydrogen-bond acceptors (Lipinski definition) is 4. The van der Waals surface area contributed by atoms with Gasteiger partial charge < -0.3 is 26.0 Å². The average Bonchev–Trinajstić information content (AvgIpc) is 2.69. The number of anilines is 3. The Labute approximate surface area is 158 Å². The van der Waals surface area contributed by atoms with E-state index in [-0.39, 0.29) is 17.9 Å². The first-order valence-electron chi connectivity index (χ1n) is 8.92. The number of urea groups is 1. The molecule has 4 N–H and O–H groups in total. The lowest BCUT2D eigenvalue weighted by molar-refractivity contribution is -0.121. The number of amides is 3. The number of nitrogens with zero attached hydrogens (tertiary/aromatic N) is 1. The van der Waals surface area contributed by atoms with Gasteiger partial charge in [-0.25, -0.2) is 4.79 Å². The molecule has 0 spiro atoms. The van der Waals surface area contributed by atoms with Crippen LogP contribution in [0.15, 0.2) is 48.5 Å². The van der Waals surface area contributed by atoms with Crippen molar-refractivity contribution in [3.8, 4) is 5.75 Å². The number of para-hydroxylation sites is 1. The van der Waals surface area contributed by atoms with Crippen molar-refractivity contribution >= 4 is 29.0 Å². The average molecular weight is 368 g/mol. The van der Waals surface area contributed by atoms with Crippen LogP contribution in [0.5, 0.6) is 5.75 Å².